The van der Waals surface area contributed by atoms with Gasteiger partial charge in [-0.25, -0.2) is 0 Å². The standard InChI is InChI=1S/C11H9ClO2/c1-6-9-3-2-8(13)4-7(9)5-10(14)11(6)12/h2-4,13H,5H2,1H3. The quantitative estimate of drug-likeness (QED) is 0.711. The molecule has 3 heteroatoms. The molecule has 1 aliphatic carbocycles. The molecule has 1 N–H and O–H groups in total. The van der Waals surface area contributed by atoms with Crippen LogP contribution in [0.25, 0.3) is 5.57 Å². The number of hydrogen-bond donors (Lipinski definition) is 1. The molecule has 72 valence electrons. The molecule has 1 aliphatic rings. The number of Topliss-reactive ketones (excluding diaryl/α,β-unsaturated/α-hetero) is 1. The third kappa shape index (κ3) is 1.32. The second-order valence-electron chi connectivity index (χ2n) is 3.38. The maximum absolute atomic E-state index is 11.4. The van der Waals surface area contributed by atoms with E-state index in [1.807, 2.05) is 6.92 Å². The van der Waals surface area contributed by atoms with Gasteiger partial charge in [-0.1, -0.05) is 17.7 Å². The summed E-state index contributed by atoms with van der Waals surface area (Å²) in [6.07, 6.45) is 0.278. The predicted octanol–water partition coefficient (Wildman–Crippen LogP) is 2.49. The molecule has 1 aromatic carbocycles. The molecule has 0 spiro atoms. The fraction of sp³-hybridized carbons (Fsp3) is 0.182. The van der Waals surface area contributed by atoms with Crippen LogP contribution in [0.2, 0.25) is 0 Å². The SMILES string of the molecule is CC1=C(Cl)C(=O)Cc2cc(O)ccc21. The molecular weight excluding hydrogens is 200 g/mol. The van der Waals surface area contributed by atoms with Crippen LogP contribution in [0.5, 0.6) is 5.75 Å². The summed E-state index contributed by atoms with van der Waals surface area (Å²) < 4.78 is 0. The summed E-state index contributed by atoms with van der Waals surface area (Å²) >= 11 is 5.85. The minimum absolute atomic E-state index is 0.0812. The lowest BCUT2D eigenvalue weighted by Gasteiger charge is -2.16. The van der Waals surface area contributed by atoms with Gasteiger partial charge in [-0.2, -0.15) is 0 Å². The number of rotatable bonds is 0. The topological polar surface area (TPSA) is 37.3 Å². The van der Waals surface area contributed by atoms with E-state index in [2.05, 4.69) is 0 Å². The summed E-state index contributed by atoms with van der Waals surface area (Å²) in [6.45, 7) is 1.81. The van der Waals surface area contributed by atoms with E-state index in [0.717, 1.165) is 16.7 Å². The highest BCUT2D eigenvalue weighted by Gasteiger charge is 2.21. The fourth-order valence-corrected chi connectivity index (χ4v) is 1.84. The van der Waals surface area contributed by atoms with E-state index in [9.17, 15) is 9.90 Å². The van der Waals surface area contributed by atoms with Crippen molar-refractivity contribution in [3.8, 4) is 5.75 Å². The Kier molecular flexibility index (Phi) is 2.08. The zero-order valence-electron chi connectivity index (χ0n) is 7.67. The number of ketones is 1. The third-order valence-corrected chi connectivity index (χ3v) is 2.91. The first-order chi connectivity index (χ1) is 6.59. The second-order valence-corrected chi connectivity index (χ2v) is 3.76. The molecule has 2 rings (SSSR count). The number of hydrogen-bond acceptors (Lipinski definition) is 2. The monoisotopic (exact) mass is 208 g/mol. The van der Waals surface area contributed by atoms with Crippen LogP contribution in [0.15, 0.2) is 23.2 Å². The smallest absolute Gasteiger partial charge is 0.178 e. The number of fused-ring (bicyclic) bond motifs is 1. The lowest BCUT2D eigenvalue weighted by Crippen LogP contribution is -2.11. The summed E-state index contributed by atoms with van der Waals surface area (Å²) in [5, 5.41) is 9.57. The van der Waals surface area contributed by atoms with Crippen LogP contribution in [0, 0.1) is 0 Å². The number of halogens is 1. The van der Waals surface area contributed by atoms with Crippen molar-refractivity contribution in [3.63, 3.8) is 0 Å². The van der Waals surface area contributed by atoms with Crippen molar-refractivity contribution in [2.75, 3.05) is 0 Å². The lowest BCUT2D eigenvalue weighted by atomic mass is 9.91. The van der Waals surface area contributed by atoms with Gasteiger partial charge in [-0.05, 0) is 35.8 Å². The minimum Gasteiger partial charge on any atom is -0.508 e. The van der Waals surface area contributed by atoms with Gasteiger partial charge >= 0.3 is 0 Å². The minimum atomic E-state index is -0.0812. The molecule has 2 nitrogen and oxygen atoms in total. The molecule has 0 saturated heterocycles. The molecule has 0 unspecified atom stereocenters. The largest absolute Gasteiger partial charge is 0.508 e. The molecule has 0 bridgehead atoms. The van der Waals surface area contributed by atoms with Crippen molar-refractivity contribution in [2.45, 2.75) is 13.3 Å². The molecule has 0 aliphatic heterocycles. The predicted molar refractivity (Wildman–Crippen MR) is 55.3 cm³/mol. The normalized spacial score (nSPS) is 15.7. The average Bonchev–Trinajstić information content (AvgIpc) is 2.14. The van der Waals surface area contributed by atoms with Gasteiger partial charge in [0.1, 0.15) is 5.75 Å². The first-order valence-corrected chi connectivity index (χ1v) is 4.69. The van der Waals surface area contributed by atoms with Crippen molar-refractivity contribution in [3.05, 3.63) is 34.4 Å². The molecule has 0 fully saturated rings. The van der Waals surface area contributed by atoms with E-state index >= 15 is 0 Å². The molecule has 1 aromatic rings. The molecule has 0 amide bonds. The number of allylic oxidation sites excluding steroid dienone is 2. The van der Waals surface area contributed by atoms with Crippen LogP contribution < -0.4 is 0 Å². The Morgan fingerprint density at radius 1 is 1.43 bits per heavy atom. The number of carbonyl (C=O) groups is 1. The molecular formula is C11H9ClO2. The Hall–Kier alpha value is -1.28. The first-order valence-electron chi connectivity index (χ1n) is 4.31. The van der Waals surface area contributed by atoms with Gasteiger partial charge in [-0.3, -0.25) is 4.79 Å². The van der Waals surface area contributed by atoms with Gasteiger partial charge in [0.15, 0.2) is 5.78 Å². The van der Waals surface area contributed by atoms with E-state index < -0.39 is 0 Å². The van der Waals surface area contributed by atoms with E-state index in [1.165, 1.54) is 0 Å². The molecule has 0 heterocycles. The summed E-state index contributed by atoms with van der Waals surface area (Å²) in [6, 6.07) is 5.00. The number of phenols is 1. The average molecular weight is 209 g/mol. The van der Waals surface area contributed by atoms with Crippen LogP contribution in [-0.4, -0.2) is 10.9 Å². The number of aromatic hydroxyl groups is 1. The number of benzene rings is 1. The first kappa shape index (κ1) is 9.28. The Labute approximate surface area is 86.8 Å². The summed E-state index contributed by atoms with van der Waals surface area (Å²) in [5.74, 6) is 0.102. The number of carbonyl (C=O) groups excluding carboxylic acids is 1. The maximum atomic E-state index is 11.4. The van der Waals surface area contributed by atoms with Crippen molar-refractivity contribution in [2.24, 2.45) is 0 Å². The Balaban J connectivity index is 2.65. The van der Waals surface area contributed by atoms with Gasteiger partial charge in [0.2, 0.25) is 0 Å². The van der Waals surface area contributed by atoms with Crippen LogP contribution in [0.4, 0.5) is 0 Å². The Morgan fingerprint density at radius 3 is 2.86 bits per heavy atom. The molecule has 0 aromatic heterocycles. The van der Waals surface area contributed by atoms with Crippen LogP contribution in [-0.2, 0) is 11.2 Å². The van der Waals surface area contributed by atoms with Crippen molar-refractivity contribution in [1.29, 1.82) is 0 Å². The summed E-state index contributed by atoms with van der Waals surface area (Å²) in [4.78, 5) is 11.4. The fourth-order valence-electron chi connectivity index (χ4n) is 1.67. The van der Waals surface area contributed by atoms with E-state index in [1.54, 1.807) is 18.2 Å². The van der Waals surface area contributed by atoms with Gasteiger partial charge in [0, 0.05) is 6.42 Å². The van der Waals surface area contributed by atoms with Crippen LogP contribution in [0.3, 0.4) is 0 Å². The molecule has 0 saturated carbocycles. The van der Waals surface area contributed by atoms with Gasteiger partial charge in [0.25, 0.3) is 0 Å². The second kappa shape index (κ2) is 3.14. The highest BCUT2D eigenvalue weighted by molar-refractivity contribution is 6.46. The van der Waals surface area contributed by atoms with E-state index in [0.29, 0.717) is 5.03 Å². The van der Waals surface area contributed by atoms with E-state index in [4.69, 9.17) is 11.6 Å². The van der Waals surface area contributed by atoms with Gasteiger partial charge in [-0.15, -0.1) is 0 Å². The maximum Gasteiger partial charge on any atom is 0.178 e. The Morgan fingerprint density at radius 2 is 2.14 bits per heavy atom. The molecule has 0 radical (unpaired) electrons. The summed E-state index contributed by atoms with van der Waals surface area (Å²) in [5.41, 5.74) is 2.59. The van der Waals surface area contributed by atoms with Crippen molar-refractivity contribution in [1.82, 2.24) is 0 Å². The highest BCUT2D eigenvalue weighted by Crippen LogP contribution is 2.32. The van der Waals surface area contributed by atoms with Gasteiger partial charge in [0.05, 0.1) is 5.03 Å². The summed E-state index contributed by atoms with van der Waals surface area (Å²) in [7, 11) is 0. The molecule has 14 heavy (non-hydrogen) atoms. The third-order valence-electron chi connectivity index (χ3n) is 2.42. The van der Waals surface area contributed by atoms with Crippen LogP contribution in [0.1, 0.15) is 18.1 Å². The highest BCUT2D eigenvalue weighted by atomic mass is 35.5. The van der Waals surface area contributed by atoms with Crippen molar-refractivity contribution >= 4 is 23.0 Å². The van der Waals surface area contributed by atoms with Crippen molar-refractivity contribution < 1.29 is 9.90 Å². The number of phenolic OH excluding ortho intramolecular Hbond substituents is 1. The lowest BCUT2D eigenvalue weighted by molar-refractivity contribution is -0.114. The van der Waals surface area contributed by atoms with Gasteiger partial charge < -0.3 is 5.11 Å². The van der Waals surface area contributed by atoms with Crippen LogP contribution >= 0.6 is 11.6 Å². The Bertz CT molecular complexity index is 447. The molecule has 0 atom stereocenters. The zero-order valence-corrected chi connectivity index (χ0v) is 8.43. The van der Waals surface area contributed by atoms with E-state index in [-0.39, 0.29) is 18.0 Å². The zero-order chi connectivity index (χ0) is 10.3.